The first-order valence-corrected chi connectivity index (χ1v) is 6.91. The largest absolute Gasteiger partial charge is 0.492 e. The van der Waals surface area contributed by atoms with E-state index in [4.69, 9.17) is 4.74 Å². The highest BCUT2D eigenvalue weighted by atomic mass is 127. The third-order valence-electron chi connectivity index (χ3n) is 2.71. The van der Waals surface area contributed by atoms with E-state index >= 15 is 0 Å². The highest BCUT2D eigenvalue weighted by Crippen LogP contribution is 2.20. The van der Waals surface area contributed by atoms with Crippen molar-refractivity contribution in [2.24, 2.45) is 0 Å². The van der Waals surface area contributed by atoms with Gasteiger partial charge in [0.25, 0.3) is 0 Å². The Balaban J connectivity index is 2.08. The molecule has 19 heavy (non-hydrogen) atoms. The van der Waals surface area contributed by atoms with E-state index in [0.29, 0.717) is 5.75 Å². The molecular weight excluding hydrogens is 355 g/mol. The van der Waals surface area contributed by atoms with Gasteiger partial charge in [0.05, 0.1) is 0 Å². The van der Waals surface area contributed by atoms with Crippen LogP contribution in [0.3, 0.4) is 0 Å². The molecule has 0 aliphatic heterocycles. The van der Waals surface area contributed by atoms with Gasteiger partial charge in [-0.3, -0.25) is 4.79 Å². The van der Waals surface area contributed by atoms with E-state index in [-0.39, 0.29) is 6.61 Å². The van der Waals surface area contributed by atoms with Gasteiger partial charge in [0, 0.05) is 3.57 Å². The zero-order chi connectivity index (χ0) is 13.7. The molecule has 0 aliphatic rings. The Kier molecular flexibility index (Phi) is 4.79. The second kappa shape index (κ2) is 6.56. The summed E-state index contributed by atoms with van der Waals surface area (Å²) in [4.78, 5) is 11.3. The van der Waals surface area contributed by atoms with E-state index in [1.54, 1.807) is 12.1 Å². The number of benzene rings is 2. The smallest absolute Gasteiger partial charge is 0.314 e. The van der Waals surface area contributed by atoms with Gasteiger partial charge in [0.2, 0.25) is 0 Å². The number of carbonyl (C=O) groups is 1. The molecule has 0 saturated heterocycles. The van der Waals surface area contributed by atoms with Gasteiger partial charge in [-0.25, -0.2) is 0 Å². The number of rotatable bonds is 5. The van der Waals surface area contributed by atoms with Crippen molar-refractivity contribution in [1.82, 2.24) is 0 Å². The fourth-order valence-corrected chi connectivity index (χ4v) is 2.25. The summed E-state index contributed by atoms with van der Waals surface area (Å²) in [7, 11) is 0. The maximum Gasteiger partial charge on any atom is 0.314 e. The van der Waals surface area contributed by atoms with Gasteiger partial charge in [-0.1, -0.05) is 36.4 Å². The average Bonchev–Trinajstić information content (AvgIpc) is 2.40. The van der Waals surface area contributed by atoms with E-state index in [0.717, 1.165) is 9.13 Å². The van der Waals surface area contributed by atoms with Crippen molar-refractivity contribution in [2.75, 3.05) is 6.61 Å². The minimum absolute atomic E-state index is 0.124. The lowest BCUT2D eigenvalue weighted by Gasteiger charge is -2.14. The van der Waals surface area contributed by atoms with Crippen molar-refractivity contribution in [3.05, 3.63) is 63.7 Å². The lowest BCUT2D eigenvalue weighted by atomic mass is 10.0. The van der Waals surface area contributed by atoms with Crippen LogP contribution < -0.4 is 4.74 Å². The molecule has 0 amide bonds. The highest BCUT2D eigenvalue weighted by Gasteiger charge is 2.20. The summed E-state index contributed by atoms with van der Waals surface area (Å²) in [6.07, 6.45) is 0. The van der Waals surface area contributed by atoms with E-state index in [1.807, 2.05) is 42.5 Å². The average molecular weight is 368 g/mol. The van der Waals surface area contributed by atoms with Gasteiger partial charge < -0.3 is 9.84 Å². The molecule has 98 valence electrons. The normalized spacial score (nSPS) is 11.8. The third-order valence-corrected chi connectivity index (χ3v) is 3.38. The van der Waals surface area contributed by atoms with Crippen molar-refractivity contribution in [3.8, 4) is 5.75 Å². The highest BCUT2D eigenvalue weighted by molar-refractivity contribution is 14.1. The summed E-state index contributed by atoms with van der Waals surface area (Å²) in [5.41, 5.74) is 0.751. The predicted octanol–water partition coefficient (Wildman–Crippen LogP) is 3.54. The zero-order valence-corrected chi connectivity index (χ0v) is 12.3. The molecule has 2 aromatic rings. The molecule has 2 rings (SSSR count). The number of hydrogen-bond acceptors (Lipinski definition) is 2. The van der Waals surface area contributed by atoms with Gasteiger partial charge in [-0.05, 0) is 46.4 Å². The summed E-state index contributed by atoms with van der Waals surface area (Å²) < 4.78 is 6.64. The lowest BCUT2D eigenvalue weighted by Crippen LogP contribution is -2.19. The van der Waals surface area contributed by atoms with Crippen LogP contribution >= 0.6 is 22.6 Å². The summed E-state index contributed by atoms with van der Waals surface area (Å²) in [5.74, 6) is -0.843. The molecular formula is C15H13IO3. The van der Waals surface area contributed by atoms with Crippen LogP contribution in [0.2, 0.25) is 0 Å². The molecule has 0 aromatic heterocycles. The topological polar surface area (TPSA) is 46.5 Å². The molecule has 1 unspecified atom stereocenters. The number of ether oxygens (including phenoxy) is 1. The fourth-order valence-electron chi connectivity index (χ4n) is 1.73. The van der Waals surface area contributed by atoms with Crippen molar-refractivity contribution in [1.29, 1.82) is 0 Å². The van der Waals surface area contributed by atoms with Gasteiger partial charge in [-0.15, -0.1) is 0 Å². The van der Waals surface area contributed by atoms with Gasteiger partial charge in [-0.2, -0.15) is 0 Å². The zero-order valence-electron chi connectivity index (χ0n) is 10.1. The van der Waals surface area contributed by atoms with E-state index in [9.17, 15) is 9.90 Å². The van der Waals surface area contributed by atoms with Crippen molar-refractivity contribution < 1.29 is 14.6 Å². The third kappa shape index (κ3) is 3.96. The van der Waals surface area contributed by atoms with Crippen LogP contribution in [0.25, 0.3) is 0 Å². The summed E-state index contributed by atoms with van der Waals surface area (Å²) >= 11 is 2.19. The molecule has 0 radical (unpaired) electrons. The van der Waals surface area contributed by atoms with E-state index < -0.39 is 11.9 Å². The van der Waals surface area contributed by atoms with E-state index in [2.05, 4.69) is 22.6 Å². The Labute approximate surface area is 125 Å². The van der Waals surface area contributed by atoms with Crippen LogP contribution in [0.4, 0.5) is 0 Å². The predicted molar refractivity (Wildman–Crippen MR) is 81.5 cm³/mol. The Morgan fingerprint density at radius 1 is 1.16 bits per heavy atom. The maximum absolute atomic E-state index is 11.3. The Bertz CT molecular complexity index is 554. The molecule has 1 atom stereocenters. The minimum Gasteiger partial charge on any atom is -0.492 e. The molecule has 1 N–H and O–H groups in total. The molecule has 2 aromatic carbocycles. The molecule has 0 aliphatic carbocycles. The Hall–Kier alpha value is -1.56. The first kappa shape index (κ1) is 13.9. The monoisotopic (exact) mass is 368 g/mol. The summed E-state index contributed by atoms with van der Waals surface area (Å²) in [5, 5.41) is 9.28. The molecule has 3 nitrogen and oxygen atoms in total. The van der Waals surface area contributed by atoms with Crippen LogP contribution in [-0.2, 0) is 4.79 Å². The minimum atomic E-state index is -0.878. The molecule has 0 saturated carbocycles. The van der Waals surface area contributed by atoms with Crippen LogP contribution in [0.15, 0.2) is 54.6 Å². The molecule has 0 fully saturated rings. The first-order valence-electron chi connectivity index (χ1n) is 5.83. The SMILES string of the molecule is O=C(O)C(COc1cccc(I)c1)c1ccccc1. The number of carboxylic acids is 1. The molecule has 0 heterocycles. The summed E-state index contributed by atoms with van der Waals surface area (Å²) in [6, 6.07) is 16.7. The lowest BCUT2D eigenvalue weighted by molar-refractivity contribution is -0.139. The Morgan fingerprint density at radius 3 is 2.53 bits per heavy atom. The summed E-state index contributed by atoms with van der Waals surface area (Å²) in [6.45, 7) is 0.124. The number of halogens is 1. The standard InChI is InChI=1S/C15H13IO3/c16-12-7-4-8-13(9-12)19-10-14(15(17)18)11-5-2-1-3-6-11/h1-9,14H,10H2,(H,17,18). The maximum atomic E-state index is 11.3. The number of carboxylic acid groups (broad SMARTS) is 1. The van der Waals surface area contributed by atoms with Gasteiger partial charge >= 0.3 is 5.97 Å². The van der Waals surface area contributed by atoms with Crippen LogP contribution in [-0.4, -0.2) is 17.7 Å². The van der Waals surface area contributed by atoms with Crippen LogP contribution in [0.1, 0.15) is 11.5 Å². The van der Waals surface area contributed by atoms with Gasteiger partial charge in [0.15, 0.2) is 0 Å². The van der Waals surface area contributed by atoms with Crippen molar-refractivity contribution in [3.63, 3.8) is 0 Å². The molecule has 0 bridgehead atoms. The van der Waals surface area contributed by atoms with Crippen molar-refractivity contribution >= 4 is 28.6 Å². The Morgan fingerprint density at radius 2 is 1.89 bits per heavy atom. The number of hydrogen-bond donors (Lipinski definition) is 1. The van der Waals surface area contributed by atoms with E-state index in [1.165, 1.54) is 0 Å². The second-order valence-corrected chi connectivity index (χ2v) is 5.32. The van der Waals surface area contributed by atoms with Crippen molar-refractivity contribution in [2.45, 2.75) is 5.92 Å². The quantitative estimate of drug-likeness (QED) is 0.822. The molecule has 0 spiro atoms. The molecule has 4 heteroatoms. The van der Waals surface area contributed by atoms with Crippen LogP contribution in [0.5, 0.6) is 5.75 Å². The van der Waals surface area contributed by atoms with Gasteiger partial charge in [0.1, 0.15) is 18.3 Å². The number of aliphatic carboxylic acids is 1. The fraction of sp³-hybridized carbons (Fsp3) is 0.133. The first-order chi connectivity index (χ1) is 9.16. The second-order valence-electron chi connectivity index (χ2n) is 4.07. The van der Waals surface area contributed by atoms with Crippen LogP contribution in [0, 0.1) is 3.57 Å².